The molecule has 33 heavy (non-hydrogen) atoms. The predicted octanol–water partition coefficient (Wildman–Crippen LogP) is 2.42. The second kappa shape index (κ2) is 27.2. The number of hydrogen-bond donors (Lipinski definition) is 0. The van der Waals surface area contributed by atoms with Gasteiger partial charge in [-0.2, -0.15) is 0 Å². The number of unbranched alkanes of at least 4 members (excludes halogenated alkanes) is 4. The van der Waals surface area contributed by atoms with Gasteiger partial charge in [0, 0.05) is 0 Å². The Hall–Kier alpha value is -1.00. The average molecular weight is 579 g/mol. The van der Waals surface area contributed by atoms with Crippen LogP contribution in [0.3, 0.4) is 0 Å². The van der Waals surface area contributed by atoms with Crippen LogP contribution < -0.4 is 10.2 Å². The maximum absolute atomic E-state index is 10.7. The molecule has 0 heterocycles. The van der Waals surface area contributed by atoms with Crippen LogP contribution in [0.5, 0.6) is 0 Å². The number of ketones is 2. The number of carbonyl (C=O) groups excluding carboxylic acids is 4. The number of hydrogen-bond acceptors (Lipinski definition) is 8. The Morgan fingerprint density at radius 2 is 0.939 bits per heavy atom. The first-order valence-electron chi connectivity index (χ1n) is 12.0. The van der Waals surface area contributed by atoms with E-state index in [-0.39, 0.29) is 11.6 Å². The summed E-state index contributed by atoms with van der Waals surface area (Å²) < 4.78 is 10.7. The standard InChI is InChI=1S/2C8H14O3.2C4H9O.Sn/c2*1-3-4-5-7(6(2)9)8(10)11;2*1-2-3-4-5;/h2*7H,3-5H2,1-2H3,(H,10,11);2*2-4H2,1H3;/q;;2*-1;+4/p-2. The van der Waals surface area contributed by atoms with Gasteiger partial charge < -0.3 is 19.8 Å². The van der Waals surface area contributed by atoms with Gasteiger partial charge in [0.05, 0.1) is 23.8 Å². The van der Waals surface area contributed by atoms with Crippen LogP contribution >= 0.6 is 0 Å². The van der Waals surface area contributed by atoms with Crippen LogP contribution in [-0.2, 0) is 25.3 Å². The van der Waals surface area contributed by atoms with E-state index in [9.17, 15) is 29.4 Å². The summed E-state index contributed by atoms with van der Waals surface area (Å²) in [6, 6.07) is 0. The fraction of sp³-hybridized carbons (Fsp3) is 0.833. The fourth-order valence-corrected chi connectivity index (χ4v) is 3.89. The Bertz CT molecular complexity index is 439. The molecule has 0 aliphatic heterocycles. The van der Waals surface area contributed by atoms with Crippen LogP contribution in [0.25, 0.3) is 0 Å². The van der Waals surface area contributed by atoms with E-state index in [1.54, 1.807) is 0 Å². The van der Waals surface area contributed by atoms with Crippen molar-refractivity contribution in [3.8, 4) is 0 Å². The number of rotatable bonds is 18. The third kappa shape index (κ3) is 27.1. The van der Waals surface area contributed by atoms with Crippen molar-refractivity contribution < 1.29 is 35.5 Å². The van der Waals surface area contributed by atoms with Gasteiger partial charge in [-0.05, 0) is 26.7 Å². The Morgan fingerprint density at radius 1 is 0.636 bits per heavy atom. The van der Waals surface area contributed by atoms with Crippen LogP contribution in [0.4, 0.5) is 0 Å². The zero-order valence-corrected chi connectivity index (χ0v) is 24.3. The summed E-state index contributed by atoms with van der Waals surface area (Å²) in [5.41, 5.74) is 0. The molecule has 0 aromatic heterocycles. The van der Waals surface area contributed by atoms with E-state index in [0.717, 1.165) is 38.9 Å². The van der Waals surface area contributed by atoms with Crippen LogP contribution in [0, 0.1) is 11.8 Å². The first-order chi connectivity index (χ1) is 15.6. The van der Waals surface area contributed by atoms with Gasteiger partial charge >= 0.3 is 80.9 Å². The summed E-state index contributed by atoms with van der Waals surface area (Å²) in [6.07, 6.45) is 8.94. The number of carbonyl (C=O) groups is 4. The van der Waals surface area contributed by atoms with E-state index in [4.69, 9.17) is 6.15 Å². The molecule has 0 N–H and O–H groups in total. The van der Waals surface area contributed by atoms with Gasteiger partial charge in [0.15, 0.2) is 0 Å². The quantitative estimate of drug-likeness (QED) is 0.137. The number of aliphatic carboxylic acids is 2. The first-order valence-corrected chi connectivity index (χ1v) is 14.3. The van der Waals surface area contributed by atoms with Crippen molar-refractivity contribution >= 4 is 45.5 Å². The predicted molar refractivity (Wildman–Crippen MR) is 125 cm³/mol. The summed E-state index contributed by atoms with van der Waals surface area (Å²) >= 11 is -0.876. The van der Waals surface area contributed by atoms with Crippen molar-refractivity contribution in [1.29, 1.82) is 0 Å². The summed E-state index contributed by atoms with van der Waals surface area (Å²) in [6.45, 7) is 12.6. The normalized spacial score (nSPS) is 11.6. The number of Topliss-reactive ketones (excluding diaryl/α,β-unsaturated/α-hetero) is 2. The molecular weight excluding hydrogens is 535 g/mol. The van der Waals surface area contributed by atoms with Crippen LogP contribution in [0.15, 0.2) is 0 Å². The van der Waals surface area contributed by atoms with Gasteiger partial charge in [0.1, 0.15) is 11.6 Å². The average Bonchev–Trinajstić information content (AvgIpc) is 2.74. The number of carboxylic acid groups (broad SMARTS) is 2. The van der Waals surface area contributed by atoms with Crippen LogP contribution in [-0.4, -0.2) is 58.7 Å². The van der Waals surface area contributed by atoms with Gasteiger partial charge in [0.25, 0.3) is 0 Å². The molecule has 0 saturated carbocycles. The minimum absolute atomic E-state index is 0.307. The first kappa shape index (κ1) is 36.6. The maximum atomic E-state index is 10.7. The Kier molecular flexibility index (Phi) is 30.2. The van der Waals surface area contributed by atoms with Gasteiger partial charge in [-0.15, -0.1) is 0 Å². The van der Waals surface area contributed by atoms with E-state index in [0.29, 0.717) is 12.8 Å². The Labute approximate surface area is 211 Å². The number of carboxylic acids is 2. The third-order valence-electron chi connectivity index (χ3n) is 4.56. The molecular formula is C24H44O8Sn. The Balaban J connectivity index is -0.000000409. The van der Waals surface area contributed by atoms with Crippen molar-refractivity contribution in [2.24, 2.45) is 11.8 Å². The summed E-state index contributed by atoms with van der Waals surface area (Å²) in [5.74, 6) is -4.89. The van der Waals surface area contributed by atoms with E-state index < -0.39 is 45.7 Å². The molecule has 0 aliphatic carbocycles. The molecule has 2 atom stereocenters. The molecule has 0 radical (unpaired) electrons. The molecule has 0 aromatic rings. The topological polar surface area (TPSA) is 133 Å². The van der Waals surface area contributed by atoms with Crippen molar-refractivity contribution in [3.63, 3.8) is 0 Å². The summed E-state index contributed by atoms with van der Waals surface area (Å²) in [4.78, 5) is 42.0. The molecule has 0 aromatic carbocycles. The summed E-state index contributed by atoms with van der Waals surface area (Å²) in [7, 11) is 0. The zero-order valence-electron chi connectivity index (χ0n) is 21.4. The van der Waals surface area contributed by atoms with Gasteiger partial charge in [-0.25, -0.2) is 0 Å². The molecule has 0 aliphatic rings. The van der Waals surface area contributed by atoms with Crippen molar-refractivity contribution in [2.75, 3.05) is 13.2 Å². The monoisotopic (exact) mass is 580 g/mol. The second-order valence-electron chi connectivity index (χ2n) is 7.74. The molecule has 0 saturated heterocycles. The van der Waals surface area contributed by atoms with Crippen molar-refractivity contribution in [1.82, 2.24) is 0 Å². The molecule has 0 spiro atoms. The minimum atomic E-state index is -1.24. The zero-order chi connectivity index (χ0) is 26.1. The molecule has 0 bridgehead atoms. The van der Waals surface area contributed by atoms with Crippen molar-refractivity contribution in [3.05, 3.63) is 0 Å². The third-order valence-corrected chi connectivity index (χ3v) is 6.40. The van der Waals surface area contributed by atoms with E-state index >= 15 is 0 Å². The fourth-order valence-electron chi connectivity index (χ4n) is 2.35. The van der Waals surface area contributed by atoms with Gasteiger partial charge in [-0.3, -0.25) is 9.59 Å². The van der Waals surface area contributed by atoms with Crippen LogP contribution in [0.1, 0.15) is 106 Å². The molecule has 2 unspecified atom stereocenters. The van der Waals surface area contributed by atoms with E-state index in [2.05, 4.69) is 13.8 Å². The molecule has 0 rings (SSSR count). The molecule has 192 valence electrons. The van der Waals surface area contributed by atoms with Gasteiger partial charge in [-0.1, -0.05) is 39.5 Å². The summed E-state index contributed by atoms with van der Waals surface area (Å²) in [5, 5.41) is 20.6. The second-order valence-corrected chi connectivity index (χ2v) is 9.86. The van der Waals surface area contributed by atoms with Gasteiger partial charge in [0.2, 0.25) is 0 Å². The van der Waals surface area contributed by atoms with E-state index in [1.807, 2.05) is 13.8 Å². The molecule has 0 amide bonds. The molecule has 9 heteroatoms. The molecule has 8 nitrogen and oxygen atoms in total. The SMILES string of the molecule is CCCCC(C(C)=O)C(=O)[O-].CCCCC(C(C)=O)C(=O)[O-].CCCC[O][Sn+2][O]CCCC. The van der Waals surface area contributed by atoms with Crippen LogP contribution in [0.2, 0.25) is 0 Å². The molecule has 0 fully saturated rings. The van der Waals surface area contributed by atoms with Crippen molar-refractivity contribution in [2.45, 2.75) is 106 Å². The van der Waals surface area contributed by atoms with E-state index in [1.165, 1.54) is 39.5 Å². The Morgan fingerprint density at radius 3 is 1.15 bits per heavy atom.